The molecule has 3 heteroatoms. The number of benzene rings is 1. The van der Waals surface area contributed by atoms with Crippen LogP contribution in [0.3, 0.4) is 0 Å². The van der Waals surface area contributed by atoms with E-state index in [4.69, 9.17) is 5.11 Å². The van der Waals surface area contributed by atoms with E-state index in [2.05, 4.69) is 48.3 Å². The third kappa shape index (κ3) is 3.44. The van der Waals surface area contributed by atoms with E-state index in [9.17, 15) is 0 Å². The standard InChI is InChI=1S/C12H20N2O/c1-3-13-11-5-7-12(8-6-11)14(4-2)9-10-15/h5-8,13,15H,3-4,9-10H2,1-2H3. The Morgan fingerprint density at radius 3 is 2.33 bits per heavy atom. The van der Waals surface area contributed by atoms with Gasteiger partial charge in [0.2, 0.25) is 0 Å². The minimum Gasteiger partial charge on any atom is -0.395 e. The smallest absolute Gasteiger partial charge is 0.0606 e. The highest BCUT2D eigenvalue weighted by Gasteiger charge is 2.02. The number of anilines is 2. The molecule has 0 aliphatic rings. The van der Waals surface area contributed by atoms with Gasteiger partial charge in [0.05, 0.1) is 6.61 Å². The first-order chi connectivity index (χ1) is 7.31. The molecule has 1 aromatic rings. The summed E-state index contributed by atoms with van der Waals surface area (Å²) < 4.78 is 0. The second-order valence-corrected chi connectivity index (χ2v) is 3.38. The van der Waals surface area contributed by atoms with Crippen molar-refractivity contribution in [1.82, 2.24) is 0 Å². The van der Waals surface area contributed by atoms with Crippen LogP contribution in [0.5, 0.6) is 0 Å². The van der Waals surface area contributed by atoms with Crippen LogP contribution < -0.4 is 10.2 Å². The maximum Gasteiger partial charge on any atom is 0.0606 e. The number of likely N-dealkylation sites (N-methyl/N-ethyl adjacent to an activating group) is 1. The highest BCUT2D eigenvalue weighted by atomic mass is 16.3. The molecule has 0 aromatic heterocycles. The molecule has 1 rings (SSSR count). The SMILES string of the molecule is CCNc1ccc(N(CC)CCO)cc1. The lowest BCUT2D eigenvalue weighted by molar-refractivity contribution is 0.302. The molecule has 0 amide bonds. The van der Waals surface area contributed by atoms with Gasteiger partial charge in [-0.1, -0.05) is 0 Å². The van der Waals surface area contributed by atoms with Gasteiger partial charge in [-0.15, -0.1) is 0 Å². The number of aliphatic hydroxyl groups excluding tert-OH is 1. The Morgan fingerprint density at radius 2 is 1.87 bits per heavy atom. The summed E-state index contributed by atoms with van der Waals surface area (Å²) in [6.07, 6.45) is 0. The number of rotatable bonds is 6. The number of aliphatic hydroxyl groups is 1. The largest absolute Gasteiger partial charge is 0.395 e. The van der Waals surface area contributed by atoms with Crippen LogP contribution in [0.1, 0.15) is 13.8 Å². The van der Waals surface area contributed by atoms with Crippen molar-refractivity contribution in [3.05, 3.63) is 24.3 Å². The van der Waals surface area contributed by atoms with Crippen LogP contribution in [0.15, 0.2) is 24.3 Å². The van der Waals surface area contributed by atoms with E-state index in [-0.39, 0.29) is 6.61 Å². The van der Waals surface area contributed by atoms with Crippen LogP contribution in [-0.4, -0.2) is 31.3 Å². The topological polar surface area (TPSA) is 35.5 Å². The van der Waals surface area contributed by atoms with Crippen molar-refractivity contribution in [3.8, 4) is 0 Å². The molecule has 1 aromatic carbocycles. The number of nitrogens with zero attached hydrogens (tertiary/aromatic N) is 1. The van der Waals surface area contributed by atoms with Gasteiger partial charge in [-0.05, 0) is 38.1 Å². The van der Waals surface area contributed by atoms with E-state index in [0.717, 1.165) is 24.5 Å². The first-order valence-corrected chi connectivity index (χ1v) is 5.51. The van der Waals surface area contributed by atoms with E-state index in [1.54, 1.807) is 0 Å². The minimum atomic E-state index is 0.197. The van der Waals surface area contributed by atoms with E-state index in [1.165, 1.54) is 0 Å². The summed E-state index contributed by atoms with van der Waals surface area (Å²) >= 11 is 0. The van der Waals surface area contributed by atoms with Gasteiger partial charge in [0.15, 0.2) is 0 Å². The summed E-state index contributed by atoms with van der Waals surface area (Å²) in [5.74, 6) is 0. The summed E-state index contributed by atoms with van der Waals surface area (Å²) in [7, 11) is 0. The fraction of sp³-hybridized carbons (Fsp3) is 0.500. The Labute approximate surface area is 91.7 Å². The van der Waals surface area contributed by atoms with Crippen molar-refractivity contribution in [2.75, 3.05) is 36.5 Å². The maximum atomic E-state index is 8.91. The lowest BCUT2D eigenvalue weighted by atomic mass is 10.2. The zero-order chi connectivity index (χ0) is 11.1. The molecule has 0 heterocycles. The molecule has 0 spiro atoms. The van der Waals surface area contributed by atoms with Gasteiger partial charge in [-0.2, -0.15) is 0 Å². The second-order valence-electron chi connectivity index (χ2n) is 3.38. The predicted octanol–water partition coefficient (Wildman–Crippen LogP) is 1.94. The number of hydrogen-bond acceptors (Lipinski definition) is 3. The Kier molecular flexibility index (Phi) is 4.98. The van der Waals surface area contributed by atoms with Gasteiger partial charge in [0, 0.05) is 31.0 Å². The maximum absolute atomic E-state index is 8.91. The fourth-order valence-corrected chi connectivity index (χ4v) is 1.58. The molecule has 84 valence electrons. The summed E-state index contributed by atoms with van der Waals surface area (Å²) in [5.41, 5.74) is 2.30. The molecule has 2 N–H and O–H groups in total. The Bertz CT molecular complexity index is 271. The summed E-state index contributed by atoms with van der Waals surface area (Å²) in [4.78, 5) is 2.15. The Balaban J connectivity index is 2.68. The monoisotopic (exact) mass is 208 g/mol. The predicted molar refractivity (Wildman–Crippen MR) is 65.6 cm³/mol. The zero-order valence-electron chi connectivity index (χ0n) is 9.53. The quantitative estimate of drug-likeness (QED) is 0.750. The molecule has 0 radical (unpaired) electrons. The van der Waals surface area contributed by atoms with Crippen LogP contribution in [0, 0.1) is 0 Å². The fourth-order valence-electron chi connectivity index (χ4n) is 1.58. The number of nitrogens with one attached hydrogen (secondary N) is 1. The van der Waals surface area contributed by atoms with Crippen molar-refractivity contribution in [2.45, 2.75) is 13.8 Å². The van der Waals surface area contributed by atoms with Crippen LogP contribution in [0.4, 0.5) is 11.4 Å². The first-order valence-electron chi connectivity index (χ1n) is 5.51. The molecular weight excluding hydrogens is 188 g/mol. The van der Waals surface area contributed by atoms with Crippen LogP contribution in [0.25, 0.3) is 0 Å². The molecule has 0 unspecified atom stereocenters. The van der Waals surface area contributed by atoms with Gasteiger partial charge in [-0.3, -0.25) is 0 Å². The number of hydrogen-bond donors (Lipinski definition) is 2. The second kappa shape index (κ2) is 6.30. The molecule has 3 nitrogen and oxygen atoms in total. The summed E-state index contributed by atoms with van der Waals surface area (Å²) in [6.45, 7) is 6.92. The van der Waals surface area contributed by atoms with Crippen molar-refractivity contribution in [3.63, 3.8) is 0 Å². The average Bonchev–Trinajstić information content (AvgIpc) is 2.28. The molecular formula is C12H20N2O. The van der Waals surface area contributed by atoms with Crippen molar-refractivity contribution in [1.29, 1.82) is 0 Å². The van der Waals surface area contributed by atoms with Crippen LogP contribution in [0.2, 0.25) is 0 Å². The Hall–Kier alpha value is -1.22. The average molecular weight is 208 g/mol. The normalized spacial score (nSPS) is 10.1. The molecule has 0 aliphatic carbocycles. The van der Waals surface area contributed by atoms with Crippen LogP contribution in [-0.2, 0) is 0 Å². The molecule has 0 saturated heterocycles. The molecule has 0 aliphatic heterocycles. The Morgan fingerprint density at radius 1 is 1.20 bits per heavy atom. The highest BCUT2D eigenvalue weighted by Crippen LogP contribution is 2.17. The molecule has 0 fully saturated rings. The molecule has 0 saturated carbocycles. The molecule has 0 atom stereocenters. The van der Waals surface area contributed by atoms with Crippen molar-refractivity contribution >= 4 is 11.4 Å². The molecule has 0 bridgehead atoms. The third-order valence-electron chi connectivity index (χ3n) is 2.36. The van der Waals surface area contributed by atoms with Gasteiger partial charge in [-0.25, -0.2) is 0 Å². The van der Waals surface area contributed by atoms with Gasteiger partial charge in [0.1, 0.15) is 0 Å². The van der Waals surface area contributed by atoms with Crippen molar-refractivity contribution < 1.29 is 5.11 Å². The summed E-state index contributed by atoms with van der Waals surface area (Å²) in [6, 6.07) is 8.30. The van der Waals surface area contributed by atoms with E-state index < -0.39 is 0 Å². The minimum absolute atomic E-state index is 0.197. The first kappa shape index (κ1) is 11.9. The van der Waals surface area contributed by atoms with E-state index in [0.29, 0.717) is 6.54 Å². The van der Waals surface area contributed by atoms with Gasteiger partial charge >= 0.3 is 0 Å². The van der Waals surface area contributed by atoms with Gasteiger partial charge in [0.25, 0.3) is 0 Å². The molecule has 15 heavy (non-hydrogen) atoms. The lowest BCUT2D eigenvalue weighted by Gasteiger charge is -2.22. The van der Waals surface area contributed by atoms with Crippen LogP contribution >= 0.6 is 0 Å². The third-order valence-corrected chi connectivity index (χ3v) is 2.36. The van der Waals surface area contributed by atoms with E-state index in [1.807, 2.05) is 0 Å². The van der Waals surface area contributed by atoms with Crippen molar-refractivity contribution in [2.24, 2.45) is 0 Å². The zero-order valence-corrected chi connectivity index (χ0v) is 9.53. The lowest BCUT2D eigenvalue weighted by Crippen LogP contribution is -2.25. The summed E-state index contributed by atoms with van der Waals surface area (Å²) in [5, 5.41) is 12.2. The highest BCUT2D eigenvalue weighted by molar-refractivity contribution is 5.55. The van der Waals surface area contributed by atoms with Gasteiger partial charge < -0.3 is 15.3 Å². The van der Waals surface area contributed by atoms with E-state index >= 15 is 0 Å².